The second-order valence-electron chi connectivity index (χ2n) is 7.77. The summed E-state index contributed by atoms with van der Waals surface area (Å²) in [6, 6.07) is 16.7. The molecule has 28 heavy (non-hydrogen) atoms. The molecule has 0 saturated carbocycles. The van der Waals surface area contributed by atoms with Crippen molar-refractivity contribution >= 4 is 17.3 Å². The Hall–Kier alpha value is -2.53. The van der Waals surface area contributed by atoms with Gasteiger partial charge in [0, 0.05) is 56.6 Å². The van der Waals surface area contributed by atoms with Crippen molar-refractivity contribution in [3.8, 4) is 5.75 Å². The fourth-order valence-electron chi connectivity index (χ4n) is 4.10. The molecular formula is C23H29N3O2. The number of amides is 1. The minimum absolute atomic E-state index is 0.0896. The van der Waals surface area contributed by atoms with E-state index >= 15 is 0 Å². The molecule has 2 aromatic rings. The Balaban J connectivity index is 1.20. The molecular weight excluding hydrogens is 350 g/mol. The number of anilines is 2. The van der Waals surface area contributed by atoms with Gasteiger partial charge in [-0.2, -0.15) is 0 Å². The largest absolute Gasteiger partial charge is 0.493 e. The first-order valence-electron chi connectivity index (χ1n) is 10.3. The SMILES string of the molecule is CC1CC(=O)Nc2cc(OCCCN3CCN(c4ccccc4)CC3)ccc21. The summed E-state index contributed by atoms with van der Waals surface area (Å²) in [7, 11) is 0. The van der Waals surface area contributed by atoms with Crippen LogP contribution in [0.4, 0.5) is 11.4 Å². The topological polar surface area (TPSA) is 44.8 Å². The number of benzene rings is 2. The summed E-state index contributed by atoms with van der Waals surface area (Å²) >= 11 is 0. The van der Waals surface area contributed by atoms with Gasteiger partial charge in [0.1, 0.15) is 5.75 Å². The highest BCUT2D eigenvalue weighted by atomic mass is 16.5. The quantitative estimate of drug-likeness (QED) is 0.777. The Morgan fingerprint density at radius 3 is 2.64 bits per heavy atom. The van der Waals surface area contributed by atoms with E-state index in [1.807, 2.05) is 12.1 Å². The lowest BCUT2D eigenvalue weighted by molar-refractivity contribution is -0.116. The number of fused-ring (bicyclic) bond motifs is 1. The Morgan fingerprint density at radius 1 is 1.07 bits per heavy atom. The number of hydrogen-bond acceptors (Lipinski definition) is 4. The molecule has 1 atom stereocenters. The zero-order chi connectivity index (χ0) is 19.3. The molecule has 1 N–H and O–H groups in total. The van der Waals surface area contributed by atoms with Gasteiger partial charge in [0.2, 0.25) is 5.91 Å². The van der Waals surface area contributed by atoms with Gasteiger partial charge in [-0.15, -0.1) is 0 Å². The van der Waals surface area contributed by atoms with Gasteiger partial charge in [-0.05, 0) is 36.1 Å². The highest BCUT2D eigenvalue weighted by molar-refractivity contribution is 5.94. The Kier molecular flexibility index (Phi) is 5.81. The molecule has 1 saturated heterocycles. The third kappa shape index (κ3) is 4.47. The van der Waals surface area contributed by atoms with E-state index in [0.717, 1.165) is 50.6 Å². The van der Waals surface area contributed by atoms with E-state index in [9.17, 15) is 4.79 Å². The van der Waals surface area contributed by atoms with Gasteiger partial charge >= 0.3 is 0 Å². The minimum atomic E-state index is 0.0896. The van der Waals surface area contributed by atoms with Crippen molar-refractivity contribution < 1.29 is 9.53 Å². The molecule has 2 aromatic carbocycles. The normalized spacial score (nSPS) is 19.8. The van der Waals surface area contributed by atoms with Crippen molar-refractivity contribution in [2.45, 2.75) is 25.7 Å². The number of hydrogen-bond donors (Lipinski definition) is 1. The van der Waals surface area contributed by atoms with Crippen LogP contribution in [0.15, 0.2) is 48.5 Å². The number of nitrogens with zero attached hydrogens (tertiary/aromatic N) is 2. The van der Waals surface area contributed by atoms with Gasteiger partial charge in [-0.3, -0.25) is 9.69 Å². The molecule has 1 amide bonds. The predicted molar refractivity (Wildman–Crippen MR) is 113 cm³/mol. The first-order valence-corrected chi connectivity index (χ1v) is 10.3. The molecule has 4 rings (SSSR count). The molecule has 2 aliphatic rings. The minimum Gasteiger partial charge on any atom is -0.493 e. The van der Waals surface area contributed by atoms with E-state index in [-0.39, 0.29) is 11.8 Å². The van der Waals surface area contributed by atoms with E-state index in [2.05, 4.69) is 58.4 Å². The molecule has 1 fully saturated rings. The van der Waals surface area contributed by atoms with Crippen LogP contribution in [0.25, 0.3) is 0 Å². The number of piperazine rings is 1. The van der Waals surface area contributed by atoms with Gasteiger partial charge in [0.05, 0.1) is 6.61 Å². The second kappa shape index (κ2) is 8.65. The lowest BCUT2D eigenvalue weighted by Gasteiger charge is -2.36. The summed E-state index contributed by atoms with van der Waals surface area (Å²) in [5.41, 5.74) is 3.42. The maximum absolute atomic E-state index is 11.7. The van der Waals surface area contributed by atoms with Crippen LogP contribution in [0, 0.1) is 0 Å². The first kappa shape index (κ1) is 18.8. The van der Waals surface area contributed by atoms with Crippen molar-refractivity contribution in [2.75, 3.05) is 49.5 Å². The highest BCUT2D eigenvalue weighted by Crippen LogP contribution is 2.34. The standard InChI is InChI=1S/C23H29N3O2/c1-18-16-23(27)24-22-17-20(8-9-21(18)22)28-15-5-10-25-11-13-26(14-12-25)19-6-3-2-4-7-19/h2-4,6-9,17-18H,5,10-16H2,1H3,(H,24,27). The maximum Gasteiger partial charge on any atom is 0.224 e. The Labute approximate surface area is 167 Å². The monoisotopic (exact) mass is 379 g/mol. The van der Waals surface area contributed by atoms with Crippen molar-refractivity contribution in [1.82, 2.24) is 4.90 Å². The van der Waals surface area contributed by atoms with Gasteiger partial charge in [-0.1, -0.05) is 31.2 Å². The van der Waals surface area contributed by atoms with Crippen LogP contribution >= 0.6 is 0 Å². The average molecular weight is 380 g/mol. The summed E-state index contributed by atoms with van der Waals surface area (Å²) in [5.74, 6) is 1.20. The average Bonchev–Trinajstić information content (AvgIpc) is 2.72. The van der Waals surface area contributed by atoms with E-state index in [1.165, 1.54) is 11.3 Å². The first-order chi connectivity index (χ1) is 13.7. The fraction of sp³-hybridized carbons (Fsp3) is 0.435. The number of nitrogens with one attached hydrogen (secondary N) is 1. The van der Waals surface area contributed by atoms with Crippen LogP contribution in [-0.4, -0.2) is 50.1 Å². The summed E-state index contributed by atoms with van der Waals surface area (Å²) in [6.45, 7) is 8.19. The summed E-state index contributed by atoms with van der Waals surface area (Å²) < 4.78 is 5.94. The molecule has 0 aliphatic carbocycles. The third-order valence-corrected chi connectivity index (χ3v) is 5.70. The fourth-order valence-corrected chi connectivity index (χ4v) is 4.10. The van der Waals surface area contributed by atoms with E-state index in [0.29, 0.717) is 13.0 Å². The zero-order valence-electron chi connectivity index (χ0n) is 16.6. The third-order valence-electron chi connectivity index (χ3n) is 5.70. The molecule has 0 radical (unpaired) electrons. The lowest BCUT2D eigenvalue weighted by Crippen LogP contribution is -2.46. The molecule has 5 heteroatoms. The van der Waals surface area contributed by atoms with E-state index in [4.69, 9.17) is 4.74 Å². The molecule has 0 aromatic heterocycles. The van der Waals surface area contributed by atoms with Crippen LogP contribution < -0.4 is 15.0 Å². The molecule has 2 heterocycles. The molecule has 2 aliphatic heterocycles. The summed E-state index contributed by atoms with van der Waals surface area (Å²) in [6.07, 6.45) is 1.57. The number of rotatable bonds is 6. The van der Waals surface area contributed by atoms with Crippen molar-refractivity contribution in [2.24, 2.45) is 0 Å². The van der Waals surface area contributed by atoms with Crippen molar-refractivity contribution in [3.05, 3.63) is 54.1 Å². The predicted octanol–water partition coefficient (Wildman–Crippen LogP) is 3.72. The Morgan fingerprint density at radius 2 is 1.86 bits per heavy atom. The van der Waals surface area contributed by atoms with Crippen molar-refractivity contribution in [1.29, 1.82) is 0 Å². The van der Waals surface area contributed by atoms with Crippen LogP contribution in [-0.2, 0) is 4.79 Å². The van der Waals surface area contributed by atoms with Gasteiger partial charge in [0.25, 0.3) is 0 Å². The number of ether oxygens (including phenoxy) is 1. The van der Waals surface area contributed by atoms with E-state index < -0.39 is 0 Å². The van der Waals surface area contributed by atoms with Crippen LogP contribution in [0.3, 0.4) is 0 Å². The zero-order valence-corrected chi connectivity index (χ0v) is 16.6. The molecule has 1 unspecified atom stereocenters. The number of para-hydroxylation sites is 1. The molecule has 0 spiro atoms. The summed E-state index contributed by atoms with van der Waals surface area (Å²) in [5, 5.41) is 2.96. The molecule has 0 bridgehead atoms. The lowest BCUT2D eigenvalue weighted by atomic mass is 9.92. The Bertz CT molecular complexity index is 801. The maximum atomic E-state index is 11.7. The molecule has 148 valence electrons. The second-order valence-corrected chi connectivity index (χ2v) is 7.77. The van der Waals surface area contributed by atoms with Crippen molar-refractivity contribution in [3.63, 3.8) is 0 Å². The van der Waals surface area contributed by atoms with Crippen LogP contribution in [0.1, 0.15) is 31.2 Å². The van der Waals surface area contributed by atoms with Gasteiger partial charge in [0.15, 0.2) is 0 Å². The van der Waals surface area contributed by atoms with E-state index in [1.54, 1.807) is 0 Å². The van der Waals surface area contributed by atoms with Crippen LogP contribution in [0.2, 0.25) is 0 Å². The molecule has 5 nitrogen and oxygen atoms in total. The number of carbonyl (C=O) groups is 1. The smallest absolute Gasteiger partial charge is 0.224 e. The van der Waals surface area contributed by atoms with Gasteiger partial charge < -0.3 is 15.0 Å². The summed E-state index contributed by atoms with van der Waals surface area (Å²) in [4.78, 5) is 16.7. The number of carbonyl (C=O) groups excluding carboxylic acids is 1. The van der Waals surface area contributed by atoms with Gasteiger partial charge in [-0.25, -0.2) is 0 Å². The van der Waals surface area contributed by atoms with Crippen LogP contribution in [0.5, 0.6) is 5.75 Å². The highest BCUT2D eigenvalue weighted by Gasteiger charge is 2.22.